The molecule has 0 aliphatic rings. The van der Waals surface area contributed by atoms with Gasteiger partial charge in [0.2, 0.25) is 0 Å². The minimum atomic E-state index is 0.658. The second-order valence-electron chi connectivity index (χ2n) is 3.44. The minimum Gasteiger partial charge on any atom is -0.126 e. The Hall–Kier alpha value is -0.170. The zero-order chi connectivity index (χ0) is 11.3. The van der Waals surface area contributed by atoms with Crippen molar-refractivity contribution >= 4 is 34.8 Å². The summed E-state index contributed by atoms with van der Waals surface area (Å²) in [6.45, 7) is 2.08. The molecule has 0 saturated carbocycles. The van der Waals surface area contributed by atoms with Gasteiger partial charge in [-0.2, -0.15) is 0 Å². The van der Waals surface area contributed by atoms with Gasteiger partial charge in [-0.1, -0.05) is 40.9 Å². The average molecular weight is 264 g/mol. The van der Waals surface area contributed by atoms with Crippen molar-refractivity contribution in [2.24, 2.45) is 0 Å². The quantitative estimate of drug-likeness (QED) is 0.523. The van der Waals surface area contributed by atoms with E-state index in [9.17, 15) is 0 Å². The lowest BCUT2D eigenvalue weighted by Gasteiger charge is -2.05. The lowest BCUT2D eigenvalue weighted by atomic mass is 10.1. The Balaban J connectivity index is 2.72. The normalized spacial score (nSPS) is 11.9. The Kier molecular flexibility index (Phi) is 5.52. The molecule has 0 bridgehead atoms. The lowest BCUT2D eigenvalue weighted by molar-refractivity contribution is 1.09. The van der Waals surface area contributed by atoms with Gasteiger partial charge in [-0.05, 0) is 37.5 Å². The third kappa shape index (κ3) is 4.46. The summed E-state index contributed by atoms with van der Waals surface area (Å²) < 4.78 is 0. The smallest absolute Gasteiger partial charge is 0.0456 e. The molecule has 0 amide bonds. The first kappa shape index (κ1) is 12.9. The number of benzene rings is 1. The molecular formula is C12H13Cl3. The van der Waals surface area contributed by atoms with Gasteiger partial charge < -0.3 is 0 Å². The van der Waals surface area contributed by atoms with E-state index in [4.69, 9.17) is 34.8 Å². The summed E-state index contributed by atoms with van der Waals surface area (Å²) in [5.74, 6) is 0.658. The van der Waals surface area contributed by atoms with Crippen molar-refractivity contribution < 1.29 is 0 Å². The SMILES string of the molecule is CC(=CCCCl)Cc1ccc(Cl)cc1Cl. The summed E-state index contributed by atoms with van der Waals surface area (Å²) in [5, 5.41) is 1.40. The molecule has 82 valence electrons. The van der Waals surface area contributed by atoms with Crippen LogP contribution in [0.1, 0.15) is 18.9 Å². The van der Waals surface area contributed by atoms with Crippen LogP contribution >= 0.6 is 34.8 Å². The first-order valence-electron chi connectivity index (χ1n) is 4.79. The monoisotopic (exact) mass is 262 g/mol. The Morgan fingerprint density at radius 2 is 2.07 bits per heavy atom. The molecule has 0 atom stereocenters. The maximum absolute atomic E-state index is 6.07. The predicted molar refractivity (Wildman–Crippen MR) is 69.3 cm³/mol. The molecule has 1 aromatic carbocycles. The molecule has 1 rings (SSSR count). The van der Waals surface area contributed by atoms with E-state index >= 15 is 0 Å². The third-order valence-electron chi connectivity index (χ3n) is 2.09. The molecule has 0 N–H and O–H groups in total. The van der Waals surface area contributed by atoms with E-state index in [2.05, 4.69) is 13.0 Å². The van der Waals surface area contributed by atoms with Crippen LogP contribution in [0.25, 0.3) is 0 Å². The molecule has 0 radical (unpaired) electrons. The summed E-state index contributed by atoms with van der Waals surface area (Å²) in [7, 11) is 0. The second-order valence-corrected chi connectivity index (χ2v) is 4.66. The van der Waals surface area contributed by atoms with Crippen LogP contribution in [0.15, 0.2) is 29.8 Å². The molecule has 15 heavy (non-hydrogen) atoms. The highest BCUT2D eigenvalue weighted by Gasteiger charge is 2.01. The highest BCUT2D eigenvalue weighted by Crippen LogP contribution is 2.23. The molecular weight excluding hydrogens is 250 g/mol. The zero-order valence-electron chi connectivity index (χ0n) is 8.56. The predicted octanol–water partition coefficient (Wildman–Crippen LogP) is 5.11. The topological polar surface area (TPSA) is 0 Å². The van der Waals surface area contributed by atoms with Crippen LogP contribution in [0, 0.1) is 0 Å². The number of rotatable bonds is 4. The molecule has 0 aliphatic heterocycles. The molecule has 0 nitrogen and oxygen atoms in total. The van der Waals surface area contributed by atoms with Crippen molar-refractivity contribution in [2.75, 3.05) is 5.88 Å². The number of halogens is 3. The maximum Gasteiger partial charge on any atom is 0.0456 e. The second kappa shape index (κ2) is 6.42. The van der Waals surface area contributed by atoms with Crippen molar-refractivity contribution in [1.29, 1.82) is 0 Å². The summed E-state index contributed by atoms with van der Waals surface area (Å²) >= 11 is 17.5. The summed E-state index contributed by atoms with van der Waals surface area (Å²) in [5.41, 5.74) is 2.38. The third-order valence-corrected chi connectivity index (χ3v) is 2.89. The lowest BCUT2D eigenvalue weighted by Crippen LogP contribution is -1.88. The molecule has 3 heteroatoms. The fourth-order valence-electron chi connectivity index (χ4n) is 1.34. The van der Waals surface area contributed by atoms with Gasteiger partial charge in [0, 0.05) is 15.9 Å². The van der Waals surface area contributed by atoms with Crippen LogP contribution in [0.3, 0.4) is 0 Å². The van der Waals surface area contributed by atoms with Crippen LogP contribution in [-0.2, 0) is 6.42 Å². The van der Waals surface area contributed by atoms with Gasteiger partial charge in [0.25, 0.3) is 0 Å². The van der Waals surface area contributed by atoms with E-state index in [1.54, 1.807) is 6.07 Å². The van der Waals surface area contributed by atoms with Gasteiger partial charge >= 0.3 is 0 Å². The number of hydrogen-bond acceptors (Lipinski definition) is 0. The maximum atomic E-state index is 6.07. The molecule has 0 aromatic heterocycles. The standard InChI is InChI=1S/C12H13Cl3/c1-9(3-2-6-13)7-10-4-5-11(14)8-12(10)15/h3-5,8H,2,6-7H2,1H3. The molecule has 0 heterocycles. The van der Waals surface area contributed by atoms with Gasteiger partial charge in [-0.25, -0.2) is 0 Å². The van der Waals surface area contributed by atoms with Crippen LogP contribution in [0.2, 0.25) is 10.0 Å². The molecule has 0 spiro atoms. The first-order chi connectivity index (χ1) is 7.13. The van der Waals surface area contributed by atoms with Gasteiger partial charge in [0.15, 0.2) is 0 Å². The van der Waals surface area contributed by atoms with E-state index in [0.29, 0.717) is 10.9 Å². The summed E-state index contributed by atoms with van der Waals surface area (Å²) in [6, 6.07) is 5.59. The van der Waals surface area contributed by atoms with E-state index in [1.165, 1.54) is 5.57 Å². The fourth-order valence-corrected chi connectivity index (χ4v) is 1.92. The van der Waals surface area contributed by atoms with E-state index in [0.717, 1.165) is 23.4 Å². The molecule has 0 fully saturated rings. The van der Waals surface area contributed by atoms with Crippen molar-refractivity contribution in [3.63, 3.8) is 0 Å². The summed E-state index contributed by atoms with van der Waals surface area (Å²) in [6.07, 6.45) is 3.89. The van der Waals surface area contributed by atoms with E-state index < -0.39 is 0 Å². The Morgan fingerprint density at radius 1 is 1.33 bits per heavy atom. The molecule has 0 saturated heterocycles. The average Bonchev–Trinajstić information content (AvgIpc) is 2.19. The van der Waals surface area contributed by atoms with Crippen molar-refractivity contribution in [3.8, 4) is 0 Å². The molecule has 0 unspecified atom stereocenters. The van der Waals surface area contributed by atoms with Crippen molar-refractivity contribution in [2.45, 2.75) is 19.8 Å². The Bertz CT molecular complexity index is 356. The molecule has 0 aliphatic carbocycles. The summed E-state index contributed by atoms with van der Waals surface area (Å²) in [4.78, 5) is 0. The molecule has 1 aromatic rings. The van der Waals surface area contributed by atoms with Gasteiger partial charge in [-0.3, -0.25) is 0 Å². The fraction of sp³-hybridized carbons (Fsp3) is 0.333. The van der Waals surface area contributed by atoms with Gasteiger partial charge in [-0.15, -0.1) is 11.6 Å². The van der Waals surface area contributed by atoms with Crippen LogP contribution in [-0.4, -0.2) is 5.88 Å². The van der Waals surface area contributed by atoms with Gasteiger partial charge in [0.1, 0.15) is 0 Å². The van der Waals surface area contributed by atoms with Crippen molar-refractivity contribution in [3.05, 3.63) is 45.5 Å². The van der Waals surface area contributed by atoms with Gasteiger partial charge in [0.05, 0.1) is 0 Å². The van der Waals surface area contributed by atoms with Crippen LogP contribution in [0.4, 0.5) is 0 Å². The first-order valence-corrected chi connectivity index (χ1v) is 6.08. The highest BCUT2D eigenvalue weighted by atomic mass is 35.5. The van der Waals surface area contributed by atoms with E-state index in [1.807, 2.05) is 12.1 Å². The zero-order valence-corrected chi connectivity index (χ0v) is 10.8. The van der Waals surface area contributed by atoms with Crippen molar-refractivity contribution in [1.82, 2.24) is 0 Å². The van der Waals surface area contributed by atoms with Crippen LogP contribution < -0.4 is 0 Å². The van der Waals surface area contributed by atoms with Crippen LogP contribution in [0.5, 0.6) is 0 Å². The number of allylic oxidation sites excluding steroid dienone is 2. The Labute approximate surface area is 106 Å². The Morgan fingerprint density at radius 3 is 2.67 bits per heavy atom. The van der Waals surface area contributed by atoms with E-state index in [-0.39, 0.29) is 0 Å². The number of alkyl halides is 1. The largest absolute Gasteiger partial charge is 0.126 e. The minimum absolute atomic E-state index is 0.658. The highest BCUT2D eigenvalue weighted by molar-refractivity contribution is 6.35. The number of hydrogen-bond donors (Lipinski definition) is 0.